The maximum Gasteiger partial charge on any atom is 0.243 e. The van der Waals surface area contributed by atoms with Crippen molar-refractivity contribution in [2.45, 2.75) is 24.2 Å². The number of nitrogens with one attached hydrogen (secondary N) is 1. The molecule has 8 heteroatoms. The molecule has 25 heavy (non-hydrogen) atoms. The number of rotatable bonds is 3. The number of benzene rings is 1. The van der Waals surface area contributed by atoms with Gasteiger partial charge in [0.15, 0.2) is 0 Å². The van der Waals surface area contributed by atoms with Crippen molar-refractivity contribution < 1.29 is 13.2 Å². The van der Waals surface area contributed by atoms with Gasteiger partial charge in [-0.3, -0.25) is 4.79 Å². The van der Waals surface area contributed by atoms with Crippen LogP contribution in [0.25, 0.3) is 0 Å². The van der Waals surface area contributed by atoms with Crippen molar-refractivity contribution >= 4 is 28.3 Å². The minimum absolute atomic E-state index is 0. The van der Waals surface area contributed by atoms with Crippen LogP contribution in [0, 0.1) is 5.92 Å². The molecule has 2 heterocycles. The molecule has 6 nitrogen and oxygen atoms in total. The molecule has 1 amide bonds. The summed E-state index contributed by atoms with van der Waals surface area (Å²) in [5, 5.41) is 3.27. The van der Waals surface area contributed by atoms with Gasteiger partial charge in [0, 0.05) is 32.7 Å². The van der Waals surface area contributed by atoms with E-state index in [4.69, 9.17) is 0 Å². The summed E-state index contributed by atoms with van der Waals surface area (Å²) in [7, 11) is -3.48. The zero-order chi connectivity index (χ0) is 17.0. The van der Waals surface area contributed by atoms with Crippen LogP contribution in [-0.2, 0) is 14.8 Å². The average Bonchev–Trinajstić information content (AvgIpc) is 2.89. The number of amides is 1. The summed E-state index contributed by atoms with van der Waals surface area (Å²) in [5.41, 5.74) is 0. The molecule has 2 aliphatic rings. The highest BCUT2D eigenvalue weighted by Crippen LogP contribution is 2.19. The Bertz CT molecular complexity index is 663. The molecule has 0 bridgehead atoms. The number of nitrogens with zero attached hydrogens (tertiary/aromatic N) is 2. The molecular formula is C17H26ClN3O3S. The summed E-state index contributed by atoms with van der Waals surface area (Å²) in [6.45, 7) is 3.65. The smallest absolute Gasteiger partial charge is 0.243 e. The molecule has 1 unspecified atom stereocenters. The van der Waals surface area contributed by atoms with Crippen molar-refractivity contribution in [1.82, 2.24) is 14.5 Å². The number of piperidine rings is 1. The number of carbonyl (C=O) groups is 1. The van der Waals surface area contributed by atoms with Crippen LogP contribution in [0.5, 0.6) is 0 Å². The SMILES string of the molecule is Cl.O=C(C1CCCNC1)N1CCCN(S(=O)(=O)c2ccccc2)CC1. The minimum atomic E-state index is -3.48. The molecule has 0 spiro atoms. The first-order chi connectivity index (χ1) is 11.6. The molecule has 1 aromatic rings. The first kappa shape index (κ1) is 20.2. The summed E-state index contributed by atoms with van der Waals surface area (Å²) >= 11 is 0. The largest absolute Gasteiger partial charge is 0.341 e. The normalized spacial score (nSPS) is 22.7. The van der Waals surface area contributed by atoms with Crippen LogP contribution in [0.2, 0.25) is 0 Å². The third kappa shape index (κ3) is 4.73. The highest BCUT2D eigenvalue weighted by Gasteiger charge is 2.31. The lowest BCUT2D eigenvalue weighted by molar-refractivity contribution is -0.135. The Balaban J connectivity index is 0.00000225. The lowest BCUT2D eigenvalue weighted by Gasteiger charge is -2.28. The molecule has 0 aromatic heterocycles. The molecule has 1 atom stereocenters. The maximum atomic E-state index is 12.7. The van der Waals surface area contributed by atoms with Crippen molar-refractivity contribution in [2.24, 2.45) is 5.92 Å². The van der Waals surface area contributed by atoms with E-state index < -0.39 is 10.0 Å². The number of hydrogen-bond acceptors (Lipinski definition) is 4. The molecular weight excluding hydrogens is 362 g/mol. The summed E-state index contributed by atoms with van der Waals surface area (Å²) < 4.78 is 27.0. The van der Waals surface area contributed by atoms with E-state index in [9.17, 15) is 13.2 Å². The summed E-state index contributed by atoms with van der Waals surface area (Å²) in [4.78, 5) is 14.8. The van der Waals surface area contributed by atoms with Gasteiger partial charge in [-0.25, -0.2) is 8.42 Å². The highest BCUT2D eigenvalue weighted by molar-refractivity contribution is 7.89. The molecule has 140 valence electrons. The second-order valence-electron chi connectivity index (χ2n) is 6.44. The fourth-order valence-electron chi connectivity index (χ4n) is 3.42. The van der Waals surface area contributed by atoms with Crippen LogP contribution >= 0.6 is 12.4 Å². The average molecular weight is 388 g/mol. The van der Waals surface area contributed by atoms with E-state index in [1.807, 2.05) is 4.90 Å². The fourth-order valence-corrected chi connectivity index (χ4v) is 4.91. The van der Waals surface area contributed by atoms with Gasteiger partial charge >= 0.3 is 0 Å². The molecule has 0 aliphatic carbocycles. The molecule has 2 fully saturated rings. The Morgan fingerprint density at radius 2 is 1.80 bits per heavy atom. The molecule has 2 saturated heterocycles. The van der Waals surface area contributed by atoms with Crippen LogP contribution in [0.4, 0.5) is 0 Å². The van der Waals surface area contributed by atoms with E-state index in [2.05, 4.69) is 5.32 Å². The molecule has 1 aromatic carbocycles. The first-order valence-corrected chi connectivity index (χ1v) is 10.1. The Kier molecular flexibility index (Phi) is 7.25. The van der Waals surface area contributed by atoms with Gasteiger partial charge in [0.25, 0.3) is 0 Å². The number of sulfonamides is 1. The Morgan fingerprint density at radius 1 is 1.04 bits per heavy atom. The fraction of sp³-hybridized carbons (Fsp3) is 0.588. The predicted octanol–water partition coefficient (Wildman–Crippen LogP) is 1.33. The van der Waals surface area contributed by atoms with Crippen molar-refractivity contribution in [3.63, 3.8) is 0 Å². The third-order valence-corrected chi connectivity index (χ3v) is 6.71. The number of hydrogen-bond donors (Lipinski definition) is 1. The lowest BCUT2D eigenvalue weighted by Crippen LogP contribution is -2.44. The van der Waals surface area contributed by atoms with Gasteiger partial charge in [-0.2, -0.15) is 4.31 Å². The van der Waals surface area contributed by atoms with Crippen molar-refractivity contribution in [3.8, 4) is 0 Å². The van der Waals surface area contributed by atoms with Gasteiger partial charge in [0.1, 0.15) is 0 Å². The standard InChI is InChI=1S/C17H25N3O3S.ClH/c21-17(15-6-4-9-18-14-15)19-10-5-11-20(13-12-19)24(22,23)16-7-2-1-3-8-16;/h1-3,7-8,15,18H,4-6,9-14H2;1H. The Labute approximate surface area is 156 Å². The molecule has 3 rings (SSSR count). The second kappa shape index (κ2) is 8.98. The maximum absolute atomic E-state index is 12.7. The quantitative estimate of drug-likeness (QED) is 0.849. The van der Waals surface area contributed by atoms with E-state index in [1.54, 1.807) is 30.3 Å². The van der Waals surface area contributed by atoms with Gasteiger partial charge in [-0.05, 0) is 37.9 Å². The predicted molar refractivity (Wildman–Crippen MR) is 99.2 cm³/mol. The van der Waals surface area contributed by atoms with E-state index in [-0.39, 0.29) is 24.2 Å². The topological polar surface area (TPSA) is 69.7 Å². The Morgan fingerprint density at radius 3 is 2.48 bits per heavy atom. The van der Waals surface area contributed by atoms with Crippen molar-refractivity contribution in [2.75, 3.05) is 39.3 Å². The van der Waals surface area contributed by atoms with Gasteiger partial charge in [-0.1, -0.05) is 18.2 Å². The number of halogens is 1. The first-order valence-electron chi connectivity index (χ1n) is 8.64. The zero-order valence-electron chi connectivity index (χ0n) is 14.3. The summed E-state index contributed by atoms with van der Waals surface area (Å²) in [6.07, 6.45) is 2.63. The third-order valence-electron chi connectivity index (χ3n) is 4.79. The van der Waals surface area contributed by atoms with E-state index in [0.717, 1.165) is 25.9 Å². The van der Waals surface area contributed by atoms with Gasteiger partial charge in [-0.15, -0.1) is 12.4 Å². The summed E-state index contributed by atoms with van der Waals surface area (Å²) in [5.74, 6) is 0.206. The minimum Gasteiger partial charge on any atom is -0.341 e. The van der Waals surface area contributed by atoms with Gasteiger partial charge in [0.2, 0.25) is 15.9 Å². The van der Waals surface area contributed by atoms with Crippen LogP contribution in [0.3, 0.4) is 0 Å². The summed E-state index contributed by atoms with van der Waals surface area (Å²) in [6, 6.07) is 8.51. The van der Waals surface area contributed by atoms with Crippen LogP contribution in [-0.4, -0.2) is 62.8 Å². The second-order valence-corrected chi connectivity index (χ2v) is 8.38. The van der Waals surface area contributed by atoms with E-state index in [1.165, 1.54) is 4.31 Å². The highest BCUT2D eigenvalue weighted by atomic mass is 35.5. The lowest BCUT2D eigenvalue weighted by atomic mass is 9.98. The van der Waals surface area contributed by atoms with Crippen LogP contribution < -0.4 is 5.32 Å². The van der Waals surface area contributed by atoms with E-state index >= 15 is 0 Å². The van der Waals surface area contributed by atoms with Gasteiger partial charge < -0.3 is 10.2 Å². The molecule has 1 N–H and O–H groups in total. The van der Waals surface area contributed by atoms with E-state index in [0.29, 0.717) is 37.5 Å². The Hall–Kier alpha value is -1.15. The van der Waals surface area contributed by atoms with Crippen molar-refractivity contribution in [1.29, 1.82) is 0 Å². The van der Waals surface area contributed by atoms with Crippen LogP contribution in [0.15, 0.2) is 35.2 Å². The molecule has 2 aliphatic heterocycles. The molecule has 0 radical (unpaired) electrons. The monoisotopic (exact) mass is 387 g/mol. The van der Waals surface area contributed by atoms with Crippen molar-refractivity contribution in [3.05, 3.63) is 30.3 Å². The molecule has 0 saturated carbocycles. The zero-order valence-corrected chi connectivity index (χ0v) is 15.9. The van der Waals surface area contributed by atoms with Gasteiger partial charge in [0.05, 0.1) is 10.8 Å². The number of carbonyl (C=O) groups excluding carboxylic acids is 1. The van der Waals surface area contributed by atoms with Crippen LogP contribution in [0.1, 0.15) is 19.3 Å².